The quantitative estimate of drug-likeness (QED) is 0.631. The minimum Gasteiger partial charge on any atom is -0.508 e. The lowest BCUT2D eigenvalue weighted by atomic mass is 10.2. The molecule has 0 radical (unpaired) electrons. The fourth-order valence-corrected chi connectivity index (χ4v) is 0.917. The van der Waals surface area contributed by atoms with Gasteiger partial charge in [0, 0.05) is 11.3 Å². The number of carbonyl (C=O) groups is 1. The molecule has 0 saturated heterocycles. The third-order valence-electron chi connectivity index (χ3n) is 1.68. The maximum atomic E-state index is 10.8. The fraction of sp³-hybridized carbons (Fsp3) is 0.100. The smallest absolute Gasteiger partial charge is 0.300 e. The molecule has 0 aliphatic carbocycles. The third kappa shape index (κ3) is 2.00. The second-order valence-corrected chi connectivity index (χ2v) is 2.55. The maximum absolute atomic E-state index is 10.8. The Hall–Kier alpha value is -1.95. The molecule has 0 heterocycles. The first kappa shape index (κ1) is 9.14. The molecule has 1 amide bonds. The lowest BCUT2D eigenvalue weighted by Crippen LogP contribution is -2.08. The summed E-state index contributed by atoms with van der Waals surface area (Å²) in [6.45, 7) is 1.70. The number of hydrogen-bond donors (Lipinski definition) is 2. The summed E-state index contributed by atoms with van der Waals surface area (Å²) in [4.78, 5) is 10.8. The molecule has 13 heavy (non-hydrogen) atoms. The van der Waals surface area contributed by atoms with Gasteiger partial charge < -0.3 is 10.4 Å². The Morgan fingerprint density at radius 2 is 2.31 bits per heavy atom. The number of phenols is 1. The van der Waals surface area contributed by atoms with Crippen molar-refractivity contribution in [1.82, 2.24) is 0 Å². The highest BCUT2D eigenvalue weighted by molar-refractivity contribution is 6.04. The number of terminal acetylenes is 1. The summed E-state index contributed by atoms with van der Waals surface area (Å²) in [6, 6.07) is 4.85. The summed E-state index contributed by atoms with van der Waals surface area (Å²) in [5.41, 5.74) is 1.13. The van der Waals surface area contributed by atoms with Crippen LogP contribution in [0.3, 0.4) is 0 Å². The van der Waals surface area contributed by atoms with Crippen LogP contribution in [0.2, 0.25) is 0 Å². The number of hydrogen-bond acceptors (Lipinski definition) is 2. The third-order valence-corrected chi connectivity index (χ3v) is 1.68. The van der Waals surface area contributed by atoms with E-state index in [2.05, 4.69) is 5.32 Å². The number of amides is 1. The van der Waals surface area contributed by atoms with Gasteiger partial charge in [0.25, 0.3) is 5.91 Å². The van der Waals surface area contributed by atoms with Gasteiger partial charge in [0.15, 0.2) is 0 Å². The largest absolute Gasteiger partial charge is 0.508 e. The molecule has 3 heteroatoms. The van der Waals surface area contributed by atoms with E-state index in [1.807, 2.05) is 5.92 Å². The lowest BCUT2D eigenvalue weighted by Gasteiger charge is -2.06. The number of benzene rings is 1. The monoisotopic (exact) mass is 175 g/mol. The summed E-state index contributed by atoms with van der Waals surface area (Å²) in [5, 5.41) is 11.7. The van der Waals surface area contributed by atoms with Crippen molar-refractivity contribution in [3.63, 3.8) is 0 Å². The molecule has 0 aromatic heterocycles. The zero-order chi connectivity index (χ0) is 9.84. The number of rotatable bonds is 1. The van der Waals surface area contributed by atoms with Gasteiger partial charge in [-0.25, -0.2) is 0 Å². The van der Waals surface area contributed by atoms with E-state index < -0.39 is 5.91 Å². The zero-order valence-corrected chi connectivity index (χ0v) is 7.16. The SMILES string of the molecule is C#CC(=O)Nc1cccc(O)c1C. The van der Waals surface area contributed by atoms with Crippen LogP contribution in [0.25, 0.3) is 0 Å². The molecule has 1 aromatic carbocycles. The van der Waals surface area contributed by atoms with Crippen molar-refractivity contribution in [2.75, 3.05) is 5.32 Å². The predicted octanol–water partition coefficient (Wildman–Crippen LogP) is 1.27. The fourth-order valence-electron chi connectivity index (χ4n) is 0.917. The van der Waals surface area contributed by atoms with Crippen LogP contribution >= 0.6 is 0 Å². The predicted molar refractivity (Wildman–Crippen MR) is 50.3 cm³/mol. The van der Waals surface area contributed by atoms with Gasteiger partial charge in [0.05, 0.1) is 0 Å². The Balaban J connectivity index is 2.97. The molecule has 0 saturated carbocycles. The first-order valence-electron chi connectivity index (χ1n) is 3.71. The average Bonchev–Trinajstić information content (AvgIpc) is 2.13. The number of anilines is 1. The van der Waals surface area contributed by atoms with E-state index in [0.717, 1.165) is 0 Å². The molecular weight excluding hydrogens is 166 g/mol. The van der Waals surface area contributed by atoms with Crippen LogP contribution < -0.4 is 5.32 Å². The highest BCUT2D eigenvalue weighted by Gasteiger charge is 2.03. The molecule has 3 nitrogen and oxygen atoms in total. The highest BCUT2D eigenvalue weighted by atomic mass is 16.3. The van der Waals surface area contributed by atoms with E-state index in [1.54, 1.807) is 25.1 Å². The summed E-state index contributed by atoms with van der Waals surface area (Å²) < 4.78 is 0. The van der Waals surface area contributed by atoms with Crippen LogP contribution in [-0.2, 0) is 4.79 Å². The normalized spacial score (nSPS) is 8.92. The maximum Gasteiger partial charge on any atom is 0.300 e. The lowest BCUT2D eigenvalue weighted by molar-refractivity contribution is -0.111. The summed E-state index contributed by atoms with van der Waals surface area (Å²) in [6.07, 6.45) is 4.88. The Labute approximate surface area is 76.4 Å². The van der Waals surface area contributed by atoms with Crippen molar-refractivity contribution in [2.45, 2.75) is 6.92 Å². The molecule has 66 valence electrons. The minimum atomic E-state index is -0.520. The molecule has 0 aliphatic rings. The Morgan fingerprint density at radius 1 is 1.62 bits per heavy atom. The Kier molecular flexibility index (Phi) is 2.56. The van der Waals surface area contributed by atoms with Gasteiger partial charge in [-0.3, -0.25) is 4.79 Å². The average molecular weight is 175 g/mol. The number of nitrogens with one attached hydrogen (secondary N) is 1. The number of phenolic OH excluding ortho intramolecular Hbond substituents is 1. The molecule has 0 unspecified atom stereocenters. The van der Waals surface area contributed by atoms with E-state index in [9.17, 15) is 9.90 Å². The first-order chi connectivity index (χ1) is 6.15. The van der Waals surface area contributed by atoms with Gasteiger partial charge in [-0.1, -0.05) is 6.07 Å². The van der Waals surface area contributed by atoms with Crippen LogP contribution in [-0.4, -0.2) is 11.0 Å². The second-order valence-electron chi connectivity index (χ2n) is 2.55. The summed E-state index contributed by atoms with van der Waals surface area (Å²) >= 11 is 0. The van der Waals surface area contributed by atoms with Gasteiger partial charge >= 0.3 is 0 Å². The van der Waals surface area contributed by atoms with Crippen LogP contribution in [0, 0.1) is 19.3 Å². The number of carbonyl (C=O) groups excluding carboxylic acids is 1. The topological polar surface area (TPSA) is 49.3 Å². The Morgan fingerprint density at radius 3 is 2.92 bits per heavy atom. The zero-order valence-electron chi connectivity index (χ0n) is 7.16. The molecule has 0 spiro atoms. The molecule has 0 fully saturated rings. The summed E-state index contributed by atoms with van der Waals surface area (Å²) in [5.74, 6) is 1.54. The molecule has 1 aromatic rings. The standard InChI is InChI=1S/C10H9NO2/c1-3-10(13)11-8-5-4-6-9(12)7(8)2/h1,4-6,12H,2H3,(H,11,13). The molecular formula is C10H9NO2. The van der Waals surface area contributed by atoms with Crippen LogP contribution in [0.4, 0.5) is 5.69 Å². The molecule has 0 aliphatic heterocycles. The van der Waals surface area contributed by atoms with Gasteiger partial charge in [-0.05, 0) is 25.0 Å². The van der Waals surface area contributed by atoms with Gasteiger partial charge in [0.1, 0.15) is 5.75 Å². The van der Waals surface area contributed by atoms with Gasteiger partial charge in [-0.2, -0.15) is 0 Å². The highest BCUT2D eigenvalue weighted by Crippen LogP contribution is 2.23. The van der Waals surface area contributed by atoms with Crippen molar-refractivity contribution in [2.24, 2.45) is 0 Å². The van der Waals surface area contributed by atoms with Crippen LogP contribution in [0.1, 0.15) is 5.56 Å². The molecule has 0 atom stereocenters. The molecule has 0 bridgehead atoms. The number of aromatic hydroxyl groups is 1. The molecule has 2 N–H and O–H groups in total. The minimum absolute atomic E-state index is 0.134. The first-order valence-corrected chi connectivity index (χ1v) is 3.71. The van der Waals surface area contributed by atoms with Crippen LogP contribution in [0.5, 0.6) is 5.75 Å². The van der Waals surface area contributed by atoms with Crippen molar-refractivity contribution in [1.29, 1.82) is 0 Å². The summed E-state index contributed by atoms with van der Waals surface area (Å²) in [7, 11) is 0. The Bertz CT molecular complexity index is 377. The van der Waals surface area contributed by atoms with Crippen molar-refractivity contribution < 1.29 is 9.90 Å². The second kappa shape index (κ2) is 3.63. The van der Waals surface area contributed by atoms with E-state index in [1.165, 1.54) is 0 Å². The van der Waals surface area contributed by atoms with Crippen LogP contribution in [0.15, 0.2) is 18.2 Å². The van der Waals surface area contributed by atoms with Crippen molar-refractivity contribution in [3.05, 3.63) is 23.8 Å². The van der Waals surface area contributed by atoms with Crippen molar-refractivity contribution in [3.8, 4) is 18.1 Å². The van der Waals surface area contributed by atoms with E-state index in [0.29, 0.717) is 11.3 Å². The van der Waals surface area contributed by atoms with Gasteiger partial charge in [0.2, 0.25) is 0 Å². The van der Waals surface area contributed by atoms with E-state index >= 15 is 0 Å². The van der Waals surface area contributed by atoms with E-state index in [-0.39, 0.29) is 5.75 Å². The van der Waals surface area contributed by atoms with E-state index in [4.69, 9.17) is 6.42 Å². The van der Waals surface area contributed by atoms with Gasteiger partial charge in [-0.15, -0.1) is 6.42 Å². The van der Waals surface area contributed by atoms with Crippen molar-refractivity contribution >= 4 is 11.6 Å². The molecule has 1 rings (SSSR count).